The lowest BCUT2D eigenvalue weighted by molar-refractivity contribution is -0.385. The first kappa shape index (κ1) is 13.3. The quantitative estimate of drug-likeness (QED) is 0.370. The van der Waals surface area contributed by atoms with Crippen molar-refractivity contribution in [2.45, 2.75) is 0 Å². The number of hydrogen-bond acceptors (Lipinski definition) is 4. The van der Waals surface area contributed by atoms with Crippen molar-refractivity contribution in [2.75, 3.05) is 6.61 Å². The molecule has 6 heteroatoms. The summed E-state index contributed by atoms with van der Waals surface area (Å²) in [6.07, 6.45) is 7.13. The minimum atomic E-state index is -1.13. The summed E-state index contributed by atoms with van der Waals surface area (Å²) in [6.45, 7) is -0.0782. The van der Waals surface area contributed by atoms with E-state index < -0.39 is 10.9 Å². The Morgan fingerprint density at radius 2 is 2.33 bits per heavy atom. The monoisotopic (exact) mass is 247 g/mol. The van der Waals surface area contributed by atoms with Gasteiger partial charge in [0, 0.05) is 12.1 Å². The predicted molar refractivity (Wildman–Crippen MR) is 64.1 cm³/mol. The van der Waals surface area contributed by atoms with Gasteiger partial charge in [-0.1, -0.05) is 12.0 Å². The SMILES string of the molecule is C#CCOc1ccc(/C=C/C(=O)O)cc1[N+](=O)[O-]. The molecule has 0 fully saturated rings. The van der Waals surface area contributed by atoms with Crippen LogP contribution in [-0.2, 0) is 4.79 Å². The number of carbonyl (C=O) groups is 1. The van der Waals surface area contributed by atoms with Crippen LogP contribution in [0.25, 0.3) is 6.08 Å². The van der Waals surface area contributed by atoms with Gasteiger partial charge in [0.25, 0.3) is 0 Å². The summed E-state index contributed by atoms with van der Waals surface area (Å²) in [5.74, 6) is 1.11. The molecule has 0 saturated heterocycles. The van der Waals surface area contributed by atoms with E-state index >= 15 is 0 Å². The van der Waals surface area contributed by atoms with Crippen molar-refractivity contribution >= 4 is 17.7 Å². The minimum absolute atomic E-state index is 0.0467. The van der Waals surface area contributed by atoms with E-state index in [0.29, 0.717) is 5.56 Å². The first-order chi connectivity index (χ1) is 8.54. The Morgan fingerprint density at radius 1 is 1.61 bits per heavy atom. The number of ether oxygens (including phenoxy) is 1. The first-order valence-corrected chi connectivity index (χ1v) is 4.80. The lowest BCUT2D eigenvalue weighted by atomic mass is 10.1. The van der Waals surface area contributed by atoms with Gasteiger partial charge in [-0.2, -0.15) is 0 Å². The fourth-order valence-electron chi connectivity index (χ4n) is 1.19. The Hall–Kier alpha value is -2.81. The molecule has 18 heavy (non-hydrogen) atoms. The van der Waals surface area contributed by atoms with Gasteiger partial charge < -0.3 is 9.84 Å². The van der Waals surface area contributed by atoms with Crippen LogP contribution in [-0.4, -0.2) is 22.6 Å². The predicted octanol–water partition coefficient (Wildman–Crippen LogP) is 1.70. The second-order valence-corrected chi connectivity index (χ2v) is 3.15. The largest absolute Gasteiger partial charge is 0.478 e. The zero-order valence-corrected chi connectivity index (χ0v) is 9.20. The molecule has 0 aliphatic carbocycles. The topological polar surface area (TPSA) is 89.7 Å². The third-order valence-electron chi connectivity index (χ3n) is 1.91. The number of carboxylic acids is 1. The molecular weight excluding hydrogens is 238 g/mol. The molecule has 0 atom stereocenters. The average molecular weight is 247 g/mol. The van der Waals surface area contributed by atoms with E-state index in [1.54, 1.807) is 0 Å². The zero-order valence-electron chi connectivity index (χ0n) is 9.20. The lowest BCUT2D eigenvalue weighted by Gasteiger charge is -2.03. The fraction of sp³-hybridized carbons (Fsp3) is 0.0833. The molecule has 92 valence electrons. The molecule has 1 N–H and O–H groups in total. The van der Waals surface area contributed by atoms with E-state index in [1.165, 1.54) is 24.3 Å². The molecule has 0 bridgehead atoms. The molecule has 1 rings (SSSR count). The highest BCUT2D eigenvalue weighted by atomic mass is 16.6. The molecule has 0 aliphatic heterocycles. The number of aliphatic carboxylic acids is 1. The number of nitrogens with zero attached hydrogens (tertiary/aromatic N) is 1. The van der Waals surface area contributed by atoms with Gasteiger partial charge in [-0.15, -0.1) is 6.42 Å². The van der Waals surface area contributed by atoms with Crippen molar-refractivity contribution in [3.8, 4) is 18.1 Å². The third-order valence-corrected chi connectivity index (χ3v) is 1.91. The van der Waals surface area contributed by atoms with Crippen LogP contribution in [0, 0.1) is 22.5 Å². The molecule has 0 aliphatic rings. The van der Waals surface area contributed by atoms with Crippen molar-refractivity contribution in [3.63, 3.8) is 0 Å². The Bertz CT molecular complexity index is 542. The second kappa shape index (κ2) is 6.06. The molecule has 6 nitrogen and oxygen atoms in total. The normalized spacial score (nSPS) is 9.94. The van der Waals surface area contributed by atoms with Crippen LogP contribution in [0.1, 0.15) is 5.56 Å². The summed E-state index contributed by atoms with van der Waals surface area (Å²) in [5.41, 5.74) is 0.120. The van der Waals surface area contributed by atoms with Crippen LogP contribution in [0.4, 0.5) is 5.69 Å². The summed E-state index contributed by atoms with van der Waals surface area (Å²) in [6, 6.07) is 4.08. The van der Waals surface area contributed by atoms with Gasteiger partial charge in [0.2, 0.25) is 0 Å². The maximum absolute atomic E-state index is 10.8. The van der Waals surface area contributed by atoms with Crippen LogP contribution in [0.2, 0.25) is 0 Å². The van der Waals surface area contributed by atoms with Gasteiger partial charge in [0.1, 0.15) is 6.61 Å². The molecule has 1 aromatic rings. The number of benzene rings is 1. The lowest BCUT2D eigenvalue weighted by Crippen LogP contribution is -1.98. The fourth-order valence-corrected chi connectivity index (χ4v) is 1.19. The molecule has 0 heterocycles. The smallest absolute Gasteiger partial charge is 0.328 e. The number of hydrogen-bond donors (Lipinski definition) is 1. The zero-order chi connectivity index (χ0) is 13.5. The second-order valence-electron chi connectivity index (χ2n) is 3.15. The molecule has 0 amide bonds. The van der Waals surface area contributed by atoms with E-state index in [9.17, 15) is 14.9 Å². The van der Waals surface area contributed by atoms with Gasteiger partial charge in [0.15, 0.2) is 5.75 Å². The maximum Gasteiger partial charge on any atom is 0.328 e. The van der Waals surface area contributed by atoms with Crippen molar-refractivity contribution < 1.29 is 19.6 Å². The van der Waals surface area contributed by atoms with Crippen LogP contribution < -0.4 is 4.74 Å². The Labute approximate surface area is 103 Å². The van der Waals surface area contributed by atoms with Crippen molar-refractivity contribution in [2.24, 2.45) is 0 Å². The molecule has 0 spiro atoms. The van der Waals surface area contributed by atoms with Gasteiger partial charge in [-0.3, -0.25) is 10.1 Å². The summed E-state index contributed by atoms with van der Waals surface area (Å²) >= 11 is 0. The van der Waals surface area contributed by atoms with Crippen LogP contribution in [0.3, 0.4) is 0 Å². The van der Waals surface area contributed by atoms with Crippen LogP contribution in [0.15, 0.2) is 24.3 Å². The van der Waals surface area contributed by atoms with Crippen molar-refractivity contribution in [3.05, 3.63) is 40.0 Å². The number of terminal acetylenes is 1. The Morgan fingerprint density at radius 3 is 2.89 bits per heavy atom. The van der Waals surface area contributed by atoms with Gasteiger partial charge in [-0.05, 0) is 17.7 Å². The molecule has 1 aromatic carbocycles. The Balaban J connectivity index is 3.07. The summed E-state index contributed by atoms with van der Waals surface area (Å²) in [5, 5.41) is 19.3. The van der Waals surface area contributed by atoms with Crippen LogP contribution in [0.5, 0.6) is 5.75 Å². The number of nitro benzene ring substituents is 1. The van der Waals surface area contributed by atoms with Gasteiger partial charge in [-0.25, -0.2) is 4.79 Å². The standard InChI is InChI=1S/C12H9NO5/c1-2-7-18-11-5-3-9(4-6-12(14)15)8-10(11)13(16)17/h1,3-6,8H,7H2,(H,14,15)/b6-4+. The van der Waals surface area contributed by atoms with E-state index in [2.05, 4.69) is 5.92 Å². The molecule has 0 aromatic heterocycles. The highest BCUT2D eigenvalue weighted by molar-refractivity contribution is 5.85. The first-order valence-electron chi connectivity index (χ1n) is 4.80. The van der Waals surface area contributed by atoms with E-state index in [0.717, 1.165) is 6.08 Å². The van der Waals surface area contributed by atoms with E-state index in [-0.39, 0.29) is 18.0 Å². The highest BCUT2D eigenvalue weighted by Gasteiger charge is 2.15. The van der Waals surface area contributed by atoms with Gasteiger partial charge in [0.05, 0.1) is 4.92 Å². The number of carboxylic acid groups (broad SMARTS) is 1. The molecule has 0 unspecified atom stereocenters. The van der Waals surface area contributed by atoms with E-state index in [1.807, 2.05) is 0 Å². The average Bonchev–Trinajstić information content (AvgIpc) is 2.34. The Kier molecular flexibility index (Phi) is 4.46. The number of nitro groups is 1. The molecule has 0 radical (unpaired) electrons. The summed E-state index contributed by atoms with van der Waals surface area (Å²) < 4.78 is 5.01. The third kappa shape index (κ3) is 3.64. The van der Waals surface area contributed by atoms with Crippen molar-refractivity contribution in [1.29, 1.82) is 0 Å². The highest BCUT2D eigenvalue weighted by Crippen LogP contribution is 2.28. The summed E-state index contributed by atoms with van der Waals surface area (Å²) in [7, 11) is 0. The molecule has 0 saturated carbocycles. The van der Waals surface area contributed by atoms with Gasteiger partial charge >= 0.3 is 11.7 Å². The number of rotatable bonds is 5. The minimum Gasteiger partial charge on any atom is -0.478 e. The molecular formula is C12H9NO5. The summed E-state index contributed by atoms with van der Waals surface area (Å²) in [4.78, 5) is 20.5. The van der Waals surface area contributed by atoms with E-state index in [4.69, 9.17) is 16.3 Å². The van der Waals surface area contributed by atoms with Crippen molar-refractivity contribution in [1.82, 2.24) is 0 Å². The van der Waals surface area contributed by atoms with Crippen LogP contribution >= 0.6 is 0 Å². The maximum atomic E-state index is 10.8.